The van der Waals surface area contributed by atoms with Gasteiger partial charge in [-0.3, -0.25) is 0 Å². The van der Waals surface area contributed by atoms with E-state index >= 15 is 0 Å². The highest BCUT2D eigenvalue weighted by atomic mass is 32.2. The van der Waals surface area contributed by atoms with Gasteiger partial charge in [-0.05, 0) is 18.4 Å². The van der Waals surface area contributed by atoms with Gasteiger partial charge in [0.2, 0.25) is 0 Å². The zero-order chi connectivity index (χ0) is 16.3. The molecule has 2 atom stereocenters. The van der Waals surface area contributed by atoms with Crippen molar-refractivity contribution in [3.05, 3.63) is 23.3 Å². The van der Waals surface area contributed by atoms with Crippen LogP contribution in [0.4, 0.5) is 22.0 Å². The fourth-order valence-electron chi connectivity index (χ4n) is 2.81. The zero-order valence-electron chi connectivity index (χ0n) is 11.5. The Balaban J connectivity index is 1.98. The van der Waals surface area contributed by atoms with Crippen molar-refractivity contribution in [3.8, 4) is 5.75 Å². The van der Waals surface area contributed by atoms with Crippen LogP contribution in [0.3, 0.4) is 0 Å². The Morgan fingerprint density at radius 1 is 1.18 bits per heavy atom. The van der Waals surface area contributed by atoms with Crippen LogP contribution in [0.5, 0.6) is 5.75 Å². The second kappa shape index (κ2) is 4.99. The lowest BCUT2D eigenvalue weighted by atomic mass is 9.91. The molecule has 2 aliphatic carbocycles. The molecule has 22 heavy (non-hydrogen) atoms. The first-order valence-corrected chi connectivity index (χ1v) is 7.85. The number of fused-ring (bicyclic) bond motifs is 1. The van der Waals surface area contributed by atoms with Crippen molar-refractivity contribution in [1.29, 1.82) is 0 Å². The van der Waals surface area contributed by atoms with Gasteiger partial charge in [-0.15, -0.1) is 11.8 Å². The lowest BCUT2D eigenvalue weighted by Gasteiger charge is -2.35. The molecule has 0 spiro atoms. The molecule has 0 bridgehead atoms. The molecule has 8 heteroatoms. The molecule has 0 unspecified atom stereocenters. The lowest BCUT2D eigenvalue weighted by Crippen LogP contribution is -2.43. The molecule has 0 amide bonds. The third kappa shape index (κ3) is 2.27. The zero-order valence-corrected chi connectivity index (χ0v) is 12.3. The van der Waals surface area contributed by atoms with Crippen molar-refractivity contribution in [1.82, 2.24) is 0 Å². The van der Waals surface area contributed by atoms with E-state index in [1.807, 2.05) is 0 Å². The van der Waals surface area contributed by atoms with Gasteiger partial charge in [-0.1, -0.05) is 0 Å². The monoisotopic (exact) mass is 340 g/mol. The number of hydrogen-bond acceptors (Lipinski definition) is 3. The Kier molecular flexibility index (Phi) is 3.60. The first kappa shape index (κ1) is 15.9. The molecule has 0 radical (unpaired) electrons. The Morgan fingerprint density at radius 2 is 1.82 bits per heavy atom. The van der Waals surface area contributed by atoms with E-state index in [0.717, 1.165) is 11.8 Å². The standard InChI is InChI=1S/C14H13F5O2S/c1-22-8-3-2-7(21-6-4-13(16,17)5-6)9-10(8)12(20)14(18,19)11(9)15/h2-3,6,11-12,20H,4-5H2,1H3/t11-,12-/m0/s1. The molecule has 1 aromatic carbocycles. The summed E-state index contributed by atoms with van der Waals surface area (Å²) >= 11 is 1.09. The summed E-state index contributed by atoms with van der Waals surface area (Å²) in [4.78, 5) is 0.314. The third-order valence-corrected chi connectivity index (χ3v) is 4.80. The number of ether oxygens (including phenoxy) is 1. The van der Waals surface area contributed by atoms with Gasteiger partial charge in [-0.25, -0.2) is 13.2 Å². The van der Waals surface area contributed by atoms with Crippen LogP contribution in [0.1, 0.15) is 36.2 Å². The lowest BCUT2D eigenvalue weighted by molar-refractivity contribution is -0.145. The molecule has 0 aliphatic heterocycles. The van der Waals surface area contributed by atoms with E-state index in [9.17, 15) is 27.1 Å². The average Bonchev–Trinajstić information content (AvgIpc) is 2.59. The maximum absolute atomic E-state index is 14.1. The summed E-state index contributed by atoms with van der Waals surface area (Å²) in [6, 6.07) is 2.72. The highest BCUT2D eigenvalue weighted by Crippen LogP contribution is 2.57. The number of alkyl halides is 5. The molecule has 1 fully saturated rings. The normalized spacial score (nSPS) is 29.0. The van der Waals surface area contributed by atoms with E-state index in [0.29, 0.717) is 4.90 Å². The second-order valence-corrected chi connectivity index (χ2v) is 6.39. The summed E-state index contributed by atoms with van der Waals surface area (Å²) in [6.07, 6.45) is -5.27. The minimum Gasteiger partial charge on any atom is -0.490 e. The summed E-state index contributed by atoms with van der Waals surface area (Å²) in [6.45, 7) is 0. The molecule has 3 rings (SSSR count). The molecule has 0 aromatic heterocycles. The second-order valence-electron chi connectivity index (χ2n) is 5.54. The number of hydrogen-bond donors (Lipinski definition) is 1. The Morgan fingerprint density at radius 3 is 2.36 bits per heavy atom. The van der Waals surface area contributed by atoms with Crippen molar-refractivity contribution in [2.75, 3.05) is 6.26 Å². The summed E-state index contributed by atoms with van der Waals surface area (Å²) in [5, 5.41) is 9.73. The Hall–Kier alpha value is -1.02. The fourth-order valence-corrected chi connectivity index (χ4v) is 3.46. The molecule has 1 aromatic rings. The van der Waals surface area contributed by atoms with E-state index in [2.05, 4.69) is 0 Å². The van der Waals surface area contributed by atoms with E-state index in [-0.39, 0.29) is 11.3 Å². The molecular formula is C14H13F5O2S. The van der Waals surface area contributed by atoms with Crippen molar-refractivity contribution < 1.29 is 31.8 Å². The van der Waals surface area contributed by atoms with Gasteiger partial charge in [-0.2, -0.15) is 8.78 Å². The van der Waals surface area contributed by atoms with Gasteiger partial charge in [0.25, 0.3) is 5.92 Å². The number of aliphatic hydroxyl groups is 1. The first-order chi connectivity index (χ1) is 10.2. The van der Waals surface area contributed by atoms with Crippen LogP contribution in [0.25, 0.3) is 0 Å². The van der Waals surface area contributed by atoms with Gasteiger partial charge in [0, 0.05) is 28.9 Å². The highest BCUT2D eigenvalue weighted by Gasteiger charge is 2.58. The predicted molar refractivity (Wildman–Crippen MR) is 70.6 cm³/mol. The highest BCUT2D eigenvalue weighted by molar-refractivity contribution is 7.98. The van der Waals surface area contributed by atoms with Gasteiger partial charge >= 0.3 is 5.92 Å². The minimum absolute atomic E-state index is 0.197. The molecule has 1 saturated carbocycles. The van der Waals surface area contributed by atoms with Crippen molar-refractivity contribution >= 4 is 11.8 Å². The molecule has 2 aliphatic rings. The summed E-state index contributed by atoms with van der Waals surface area (Å²) in [7, 11) is 0. The van der Waals surface area contributed by atoms with E-state index in [4.69, 9.17) is 4.74 Å². The molecule has 0 saturated heterocycles. The molecule has 0 heterocycles. The van der Waals surface area contributed by atoms with Crippen molar-refractivity contribution in [2.45, 2.75) is 48.0 Å². The van der Waals surface area contributed by atoms with Crippen LogP contribution in [-0.2, 0) is 0 Å². The van der Waals surface area contributed by atoms with Crippen LogP contribution in [0.2, 0.25) is 0 Å². The van der Waals surface area contributed by atoms with Crippen LogP contribution < -0.4 is 4.74 Å². The summed E-state index contributed by atoms with van der Waals surface area (Å²) < 4.78 is 72.6. The molecule has 1 N–H and O–H groups in total. The minimum atomic E-state index is -3.96. The SMILES string of the molecule is CSc1ccc(OC2CC(F)(F)C2)c2c1[C@H](O)C(F)(F)[C@H]2F. The largest absolute Gasteiger partial charge is 0.490 e. The maximum atomic E-state index is 14.1. The van der Waals surface area contributed by atoms with Gasteiger partial charge in [0.05, 0.1) is 0 Å². The van der Waals surface area contributed by atoms with Crippen LogP contribution in [0.15, 0.2) is 17.0 Å². The smallest absolute Gasteiger partial charge is 0.312 e. The van der Waals surface area contributed by atoms with E-state index in [1.54, 1.807) is 6.26 Å². The van der Waals surface area contributed by atoms with Gasteiger partial charge < -0.3 is 9.84 Å². The Bertz CT molecular complexity index is 599. The van der Waals surface area contributed by atoms with Gasteiger partial charge in [0.15, 0.2) is 6.17 Å². The topological polar surface area (TPSA) is 29.5 Å². The van der Waals surface area contributed by atoms with Crippen LogP contribution in [0, 0.1) is 0 Å². The maximum Gasteiger partial charge on any atom is 0.312 e. The van der Waals surface area contributed by atoms with E-state index in [1.165, 1.54) is 12.1 Å². The number of rotatable bonds is 3. The van der Waals surface area contributed by atoms with Gasteiger partial charge in [0.1, 0.15) is 18.0 Å². The summed E-state index contributed by atoms with van der Waals surface area (Å²) in [5.41, 5.74) is -0.645. The van der Waals surface area contributed by atoms with Crippen molar-refractivity contribution in [3.63, 3.8) is 0 Å². The Labute approximate surface area is 127 Å². The number of thioether (sulfide) groups is 1. The number of benzene rings is 1. The number of aliphatic hydroxyl groups excluding tert-OH is 1. The van der Waals surface area contributed by atoms with E-state index < -0.39 is 48.6 Å². The predicted octanol–water partition coefficient (Wildman–Crippen LogP) is 4.28. The summed E-state index contributed by atoms with van der Waals surface area (Å²) in [5.74, 6) is -6.99. The number of halogens is 5. The van der Waals surface area contributed by atoms with Crippen LogP contribution >= 0.6 is 11.8 Å². The molecule has 2 nitrogen and oxygen atoms in total. The molecular weight excluding hydrogens is 327 g/mol. The van der Waals surface area contributed by atoms with Crippen LogP contribution in [-0.4, -0.2) is 29.3 Å². The first-order valence-electron chi connectivity index (χ1n) is 6.62. The fraction of sp³-hybridized carbons (Fsp3) is 0.571. The van der Waals surface area contributed by atoms with Crippen molar-refractivity contribution in [2.24, 2.45) is 0 Å². The average molecular weight is 340 g/mol. The third-order valence-electron chi connectivity index (χ3n) is 4.00. The molecule has 122 valence electrons. The quantitative estimate of drug-likeness (QED) is 0.658.